The van der Waals surface area contributed by atoms with Gasteiger partial charge in [0.25, 0.3) is 0 Å². The van der Waals surface area contributed by atoms with Crippen LogP contribution in [0.5, 0.6) is 5.75 Å². The highest BCUT2D eigenvalue weighted by Gasteiger charge is 2.16. The van der Waals surface area contributed by atoms with Crippen LogP contribution in [0.25, 0.3) is 0 Å². The number of hydrogen-bond acceptors (Lipinski definition) is 4. The highest BCUT2D eigenvalue weighted by molar-refractivity contribution is 6.17. The number of carboxylic acid groups (broad SMARTS) is 2. The van der Waals surface area contributed by atoms with Crippen LogP contribution in [0, 0.1) is 0 Å². The minimum Gasteiger partial charge on any atom is -0.507 e. The maximum atomic E-state index is 10.7. The van der Waals surface area contributed by atoms with Gasteiger partial charge < -0.3 is 15.3 Å². The number of Topliss-reactive ketones (excluding diaryl/α,β-unsaturated/α-hetero) is 1. The second kappa shape index (κ2) is 6.89. The molecule has 104 valence electrons. The Kier molecular flexibility index (Phi) is 5.22. The molecule has 6 heteroatoms. The number of carbonyl (C=O) groups excluding carboxylic acids is 1. The third-order valence-electron chi connectivity index (χ3n) is 2.37. The summed E-state index contributed by atoms with van der Waals surface area (Å²) in [7, 11) is 0. The molecule has 0 heterocycles. The molecule has 0 saturated heterocycles. The van der Waals surface area contributed by atoms with Crippen LogP contribution in [0.15, 0.2) is 48.1 Å². The number of rotatable bonds is 2. The van der Waals surface area contributed by atoms with E-state index in [1.165, 1.54) is 18.2 Å². The summed E-state index contributed by atoms with van der Waals surface area (Å²) in [4.78, 5) is 31.2. The number of carbonyl (C=O) groups is 3. The minimum absolute atomic E-state index is 0.0671. The van der Waals surface area contributed by atoms with Gasteiger partial charge >= 0.3 is 11.9 Å². The summed E-state index contributed by atoms with van der Waals surface area (Å²) >= 11 is 0. The Balaban J connectivity index is 0.000000200. The molecular formula is C14H12O6. The van der Waals surface area contributed by atoms with Crippen molar-refractivity contribution in [2.45, 2.75) is 6.42 Å². The van der Waals surface area contributed by atoms with E-state index < -0.39 is 11.9 Å². The zero-order valence-corrected chi connectivity index (χ0v) is 10.3. The molecule has 1 aromatic rings. The van der Waals surface area contributed by atoms with Crippen LogP contribution in [0.3, 0.4) is 0 Å². The Morgan fingerprint density at radius 2 is 1.70 bits per heavy atom. The van der Waals surface area contributed by atoms with Crippen LogP contribution < -0.4 is 0 Å². The molecule has 0 amide bonds. The van der Waals surface area contributed by atoms with Crippen molar-refractivity contribution in [3.63, 3.8) is 0 Å². The molecule has 1 aromatic carbocycles. The van der Waals surface area contributed by atoms with Crippen molar-refractivity contribution in [2.75, 3.05) is 0 Å². The van der Waals surface area contributed by atoms with Crippen molar-refractivity contribution >= 4 is 17.7 Å². The number of ketones is 1. The molecule has 20 heavy (non-hydrogen) atoms. The van der Waals surface area contributed by atoms with Crippen molar-refractivity contribution in [2.24, 2.45) is 0 Å². The predicted molar refractivity (Wildman–Crippen MR) is 69.5 cm³/mol. The number of carboxylic acids is 2. The lowest BCUT2D eigenvalue weighted by Crippen LogP contribution is -2.12. The van der Waals surface area contributed by atoms with Gasteiger partial charge in [-0.15, -0.1) is 0 Å². The summed E-state index contributed by atoms with van der Waals surface area (Å²) in [6.07, 6.45) is 4.73. The molecule has 0 aromatic heterocycles. The van der Waals surface area contributed by atoms with E-state index in [1.54, 1.807) is 24.3 Å². The van der Waals surface area contributed by atoms with E-state index in [4.69, 9.17) is 15.3 Å². The fourth-order valence-electron chi connectivity index (χ4n) is 1.39. The number of aromatic carboxylic acids is 1. The van der Waals surface area contributed by atoms with Gasteiger partial charge in [0.2, 0.25) is 0 Å². The summed E-state index contributed by atoms with van der Waals surface area (Å²) in [5.41, 5.74) is -0.190. The zero-order valence-electron chi connectivity index (χ0n) is 10.3. The third kappa shape index (κ3) is 4.09. The summed E-state index contributed by atoms with van der Waals surface area (Å²) in [5, 5.41) is 25.7. The fraction of sp³-hybridized carbons (Fsp3) is 0.0714. The van der Waals surface area contributed by atoms with Crippen molar-refractivity contribution in [3.8, 4) is 5.75 Å². The number of aromatic hydroxyl groups is 1. The largest absolute Gasteiger partial charge is 0.507 e. The first-order valence-electron chi connectivity index (χ1n) is 5.58. The van der Waals surface area contributed by atoms with Gasteiger partial charge in [-0.05, 0) is 18.2 Å². The summed E-state index contributed by atoms with van der Waals surface area (Å²) in [6.45, 7) is 0. The minimum atomic E-state index is -1.14. The van der Waals surface area contributed by atoms with E-state index in [1.807, 2.05) is 0 Å². The van der Waals surface area contributed by atoms with Crippen LogP contribution in [-0.2, 0) is 9.59 Å². The van der Waals surface area contributed by atoms with Crippen molar-refractivity contribution < 1.29 is 29.7 Å². The van der Waals surface area contributed by atoms with Gasteiger partial charge in [-0.3, -0.25) is 4.79 Å². The molecule has 0 bridgehead atoms. The lowest BCUT2D eigenvalue weighted by Gasteiger charge is -2.00. The predicted octanol–water partition coefficient (Wildman–Crippen LogP) is 1.62. The normalized spacial score (nSPS) is 13.0. The lowest BCUT2D eigenvalue weighted by molar-refractivity contribution is -0.134. The second-order valence-electron chi connectivity index (χ2n) is 3.76. The molecule has 0 saturated carbocycles. The van der Waals surface area contributed by atoms with Crippen LogP contribution in [0.1, 0.15) is 16.8 Å². The third-order valence-corrected chi connectivity index (χ3v) is 2.37. The standard InChI is InChI=1S/2C7H6O3/c2*8-6-4-2-1-3-5(6)7(9)10/h1-3H,4H2,(H,9,10);1-4,8H,(H,9,10). The average Bonchev–Trinajstić information content (AvgIpc) is 2.40. The first kappa shape index (κ1) is 15.2. The number of allylic oxidation sites excluding steroid dienone is 3. The molecule has 1 aliphatic carbocycles. The topological polar surface area (TPSA) is 112 Å². The van der Waals surface area contributed by atoms with Crippen molar-refractivity contribution in [1.29, 1.82) is 0 Å². The van der Waals surface area contributed by atoms with Gasteiger partial charge in [0.15, 0.2) is 5.78 Å². The van der Waals surface area contributed by atoms with Crippen LogP contribution in [0.4, 0.5) is 0 Å². The summed E-state index contributed by atoms with van der Waals surface area (Å²) in [6, 6.07) is 5.81. The summed E-state index contributed by atoms with van der Waals surface area (Å²) < 4.78 is 0. The van der Waals surface area contributed by atoms with E-state index in [0.717, 1.165) is 0 Å². The molecular weight excluding hydrogens is 264 g/mol. The number of phenols is 1. The molecule has 0 spiro atoms. The van der Waals surface area contributed by atoms with E-state index in [-0.39, 0.29) is 29.1 Å². The van der Waals surface area contributed by atoms with Crippen molar-refractivity contribution in [1.82, 2.24) is 0 Å². The Hall–Kier alpha value is -2.89. The van der Waals surface area contributed by atoms with Gasteiger partial charge in [-0.2, -0.15) is 0 Å². The fourth-order valence-corrected chi connectivity index (χ4v) is 1.39. The van der Waals surface area contributed by atoms with E-state index in [9.17, 15) is 14.4 Å². The van der Waals surface area contributed by atoms with Gasteiger partial charge in [-0.25, -0.2) is 9.59 Å². The number of hydrogen-bond donors (Lipinski definition) is 3. The highest BCUT2D eigenvalue weighted by atomic mass is 16.4. The quantitative estimate of drug-likeness (QED) is 0.707. The van der Waals surface area contributed by atoms with Gasteiger partial charge in [0.1, 0.15) is 16.9 Å². The molecule has 0 unspecified atom stereocenters. The van der Waals surface area contributed by atoms with Crippen LogP contribution >= 0.6 is 0 Å². The average molecular weight is 276 g/mol. The Labute approximate surface area is 114 Å². The smallest absolute Gasteiger partial charge is 0.339 e. The van der Waals surface area contributed by atoms with E-state index in [0.29, 0.717) is 0 Å². The SMILES string of the molecule is O=C(O)C1=CC=CCC1=O.O=C(O)c1ccccc1O. The molecule has 1 aliphatic rings. The second-order valence-corrected chi connectivity index (χ2v) is 3.76. The maximum absolute atomic E-state index is 10.7. The molecule has 0 fully saturated rings. The lowest BCUT2D eigenvalue weighted by atomic mass is 10.0. The summed E-state index contributed by atoms with van der Waals surface area (Å²) in [5.74, 6) is -2.78. The van der Waals surface area contributed by atoms with Crippen LogP contribution in [0.2, 0.25) is 0 Å². The van der Waals surface area contributed by atoms with E-state index >= 15 is 0 Å². The Bertz CT molecular complexity index is 597. The molecule has 0 aliphatic heterocycles. The number of benzene rings is 1. The molecule has 6 nitrogen and oxygen atoms in total. The van der Waals surface area contributed by atoms with Crippen LogP contribution in [-0.4, -0.2) is 33.0 Å². The molecule has 3 N–H and O–H groups in total. The first-order valence-corrected chi connectivity index (χ1v) is 5.58. The van der Waals surface area contributed by atoms with Crippen molar-refractivity contribution in [3.05, 3.63) is 53.6 Å². The van der Waals surface area contributed by atoms with Gasteiger partial charge in [0, 0.05) is 6.42 Å². The maximum Gasteiger partial charge on any atom is 0.339 e. The molecule has 0 atom stereocenters. The Morgan fingerprint density at radius 3 is 2.10 bits per heavy atom. The number of aliphatic carboxylic acids is 1. The monoisotopic (exact) mass is 276 g/mol. The first-order chi connectivity index (χ1) is 9.43. The highest BCUT2D eigenvalue weighted by Crippen LogP contribution is 2.14. The van der Waals surface area contributed by atoms with Gasteiger partial charge in [-0.1, -0.05) is 24.3 Å². The van der Waals surface area contributed by atoms with Gasteiger partial charge in [0.05, 0.1) is 0 Å². The van der Waals surface area contributed by atoms with E-state index in [2.05, 4.69) is 0 Å². The number of para-hydroxylation sites is 1. The Morgan fingerprint density at radius 1 is 1.05 bits per heavy atom. The zero-order chi connectivity index (χ0) is 15.1. The molecule has 2 rings (SSSR count). The molecule has 0 radical (unpaired) electrons.